The Kier molecular flexibility index (Phi) is 5.39. The normalized spacial score (nSPS) is 18.6. The lowest BCUT2D eigenvalue weighted by Gasteiger charge is -2.29. The first kappa shape index (κ1) is 19.6. The molecule has 0 radical (unpaired) electrons. The second-order valence-electron chi connectivity index (χ2n) is 7.17. The van der Waals surface area contributed by atoms with Crippen molar-refractivity contribution in [1.82, 2.24) is 5.32 Å². The van der Waals surface area contributed by atoms with Crippen LogP contribution in [0.1, 0.15) is 24.0 Å². The molecular formula is C22H20ClN3O2S. The average Bonchev–Trinajstić information content (AvgIpc) is 3.22. The van der Waals surface area contributed by atoms with Gasteiger partial charge in [0.2, 0.25) is 0 Å². The molecular weight excluding hydrogens is 406 g/mol. The van der Waals surface area contributed by atoms with Crippen LogP contribution >= 0.6 is 23.8 Å². The molecule has 148 valence electrons. The molecule has 1 N–H and O–H groups in total. The van der Waals surface area contributed by atoms with Gasteiger partial charge in [-0.3, -0.25) is 19.8 Å². The third kappa shape index (κ3) is 3.91. The number of hydrogen-bond donors (Lipinski definition) is 1. The molecule has 5 nitrogen and oxygen atoms in total. The van der Waals surface area contributed by atoms with Crippen molar-refractivity contribution in [3.05, 3.63) is 64.2 Å². The van der Waals surface area contributed by atoms with Crippen LogP contribution in [-0.2, 0) is 9.59 Å². The van der Waals surface area contributed by atoms with Gasteiger partial charge in [-0.1, -0.05) is 17.7 Å². The van der Waals surface area contributed by atoms with Crippen molar-refractivity contribution < 1.29 is 9.59 Å². The third-order valence-corrected chi connectivity index (χ3v) is 5.75. The van der Waals surface area contributed by atoms with E-state index in [1.54, 1.807) is 30.3 Å². The zero-order chi connectivity index (χ0) is 20.5. The van der Waals surface area contributed by atoms with Crippen molar-refractivity contribution in [2.75, 3.05) is 22.9 Å². The van der Waals surface area contributed by atoms with Crippen LogP contribution in [0.25, 0.3) is 6.08 Å². The smallest absolute Gasteiger partial charge is 0.270 e. The number of carbonyl (C=O) groups excluding carboxylic acids is 2. The van der Waals surface area contributed by atoms with Crippen molar-refractivity contribution >= 4 is 58.2 Å². The summed E-state index contributed by atoms with van der Waals surface area (Å²) in [6.45, 7) is 4.11. The predicted octanol–water partition coefficient (Wildman–Crippen LogP) is 4.08. The van der Waals surface area contributed by atoms with E-state index in [-0.39, 0.29) is 10.7 Å². The maximum Gasteiger partial charge on any atom is 0.270 e. The van der Waals surface area contributed by atoms with Crippen molar-refractivity contribution in [2.24, 2.45) is 0 Å². The van der Waals surface area contributed by atoms with Gasteiger partial charge in [-0.15, -0.1) is 0 Å². The molecule has 2 aromatic carbocycles. The van der Waals surface area contributed by atoms with Gasteiger partial charge in [0.25, 0.3) is 11.8 Å². The lowest BCUT2D eigenvalue weighted by Crippen LogP contribution is -2.54. The molecule has 0 unspecified atom stereocenters. The second kappa shape index (κ2) is 7.97. The predicted molar refractivity (Wildman–Crippen MR) is 120 cm³/mol. The minimum atomic E-state index is -0.492. The van der Waals surface area contributed by atoms with Crippen molar-refractivity contribution in [1.29, 1.82) is 0 Å². The van der Waals surface area contributed by atoms with E-state index >= 15 is 0 Å². The number of halogens is 1. The Morgan fingerprint density at radius 3 is 2.34 bits per heavy atom. The molecule has 4 rings (SSSR count). The van der Waals surface area contributed by atoms with Gasteiger partial charge >= 0.3 is 0 Å². The van der Waals surface area contributed by atoms with E-state index in [1.165, 1.54) is 23.4 Å². The number of rotatable bonds is 3. The maximum atomic E-state index is 13.1. The average molecular weight is 426 g/mol. The number of nitrogens with one attached hydrogen (secondary N) is 1. The van der Waals surface area contributed by atoms with E-state index in [0.717, 1.165) is 24.2 Å². The van der Waals surface area contributed by atoms with Gasteiger partial charge in [0.1, 0.15) is 5.57 Å². The molecule has 0 saturated carbocycles. The first-order chi connectivity index (χ1) is 13.9. The lowest BCUT2D eigenvalue weighted by atomic mass is 10.0. The summed E-state index contributed by atoms with van der Waals surface area (Å²) in [5, 5.41) is 3.22. The number of carbonyl (C=O) groups is 2. The zero-order valence-electron chi connectivity index (χ0n) is 15.9. The Morgan fingerprint density at radius 1 is 1.03 bits per heavy atom. The van der Waals surface area contributed by atoms with Crippen LogP contribution in [0, 0.1) is 6.92 Å². The van der Waals surface area contributed by atoms with Gasteiger partial charge in [-0.05, 0) is 85.6 Å². The highest BCUT2D eigenvalue weighted by Crippen LogP contribution is 2.27. The first-order valence-corrected chi connectivity index (χ1v) is 10.3. The van der Waals surface area contributed by atoms with Crippen LogP contribution < -0.4 is 15.1 Å². The maximum absolute atomic E-state index is 13.1. The van der Waals surface area contributed by atoms with E-state index in [2.05, 4.69) is 16.3 Å². The number of nitrogens with zero attached hydrogens (tertiary/aromatic N) is 2. The molecule has 2 aliphatic heterocycles. The molecule has 2 saturated heterocycles. The Bertz CT molecular complexity index is 1030. The monoisotopic (exact) mass is 425 g/mol. The van der Waals surface area contributed by atoms with Crippen LogP contribution in [0.15, 0.2) is 48.0 Å². The van der Waals surface area contributed by atoms with Gasteiger partial charge in [0, 0.05) is 23.8 Å². The SMILES string of the molecule is Cc1cc(N2CCCC2)ccc1/C=C1\C(=O)NC(=S)N(c2ccc(Cl)cc2)C1=O. The van der Waals surface area contributed by atoms with Gasteiger partial charge in [0.15, 0.2) is 5.11 Å². The van der Waals surface area contributed by atoms with E-state index in [9.17, 15) is 9.59 Å². The Morgan fingerprint density at radius 2 is 1.69 bits per heavy atom. The summed E-state index contributed by atoms with van der Waals surface area (Å²) in [6.07, 6.45) is 4.05. The number of amides is 2. The highest BCUT2D eigenvalue weighted by molar-refractivity contribution is 7.80. The van der Waals surface area contributed by atoms with E-state index < -0.39 is 11.8 Å². The molecule has 0 bridgehead atoms. The van der Waals surface area contributed by atoms with Gasteiger partial charge in [-0.25, -0.2) is 0 Å². The summed E-state index contributed by atoms with van der Waals surface area (Å²) in [6, 6.07) is 12.8. The van der Waals surface area contributed by atoms with Crippen LogP contribution in [0.4, 0.5) is 11.4 Å². The van der Waals surface area contributed by atoms with Crippen LogP contribution in [0.5, 0.6) is 0 Å². The summed E-state index contributed by atoms with van der Waals surface area (Å²) in [4.78, 5) is 29.2. The molecule has 2 heterocycles. The molecule has 2 aromatic rings. The van der Waals surface area contributed by atoms with E-state index in [1.807, 2.05) is 19.1 Å². The summed E-state index contributed by atoms with van der Waals surface area (Å²) in [7, 11) is 0. The molecule has 0 aromatic heterocycles. The second-order valence-corrected chi connectivity index (χ2v) is 7.99. The number of hydrogen-bond acceptors (Lipinski definition) is 4. The van der Waals surface area contributed by atoms with Gasteiger partial charge in [0.05, 0.1) is 5.69 Å². The Labute approximate surface area is 179 Å². The first-order valence-electron chi connectivity index (χ1n) is 9.46. The van der Waals surface area contributed by atoms with Gasteiger partial charge < -0.3 is 4.90 Å². The molecule has 2 fully saturated rings. The van der Waals surface area contributed by atoms with Gasteiger partial charge in [-0.2, -0.15) is 0 Å². The van der Waals surface area contributed by atoms with Crippen molar-refractivity contribution in [3.8, 4) is 0 Å². The molecule has 0 atom stereocenters. The van der Waals surface area contributed by atoms with E-state index in [0.29, 0.717) is 10.7 Å². The topological polar surface area (TPSA) is 52.7 Å². The van der Waals surface area contributed by atoms with Crippen LogP contribution in [0.3, 0.4) is 0 Å². The fourth-order valence-corrected chi connectivity index (χ4v) is 4.04. The quantitative estimate of drug-likeness (QED) is 0.457. The molecule has 2 aliphatic rings. The fourth-order valence-electron chi connectivity index (χ4n) is 3.63. The number of anilines is 2. The molecule has 29 heavy (non-hydrogen) atoms. The number of thiocarbonyl (C=S) groups is 1. The zero-order valence-corrected chi connectivity index (χ0v) is 17.5. The minimum absolute atomic E-state index is 0.0468. The third-order valence-electron chi connectivity index (χ3n) is 5.21. The highest BCUT2D eigenvalue weighted by atomic mass is 35.5. The standard InChI is InChI=1S/C22H20ClN3O2S/c1-14-12-18(25-10-2-3-11-25)7-4-15(14)13-19-20(27)24-22(29)26(21(19)28)17-8-5-16(23)6-9-17/h4-9,12-13H,2-3,10-11H2,1H3,(H,24,27,29)/b19-13+. The largest absolute Gasteiger partial charge is 0.372 e. The molecule has 7 heteroatoms. The molecule has 0 spiro atoms. The molecule has 2 amide bonds. The number of aryl methyl sites for hydroxylation is 1. The van der Waals surface area contributed by atoms with Crippen LogP contribution in [0.2, 0.25) is 5.02 Å². The summed E-state index contributed by atoms with van der Waals surface area (Å²) < 4.78 is 0. The lowest BCUT2D eigenvalue weighted by molar-refractivity contribution is -0.122. The van der Waals surface area contributed by atoms with Crippen molar-refractivity contribution in [3.63, 3.8) is 0 Å². The minimum Gasteiger partial charge on any atom is -0.372 e. The summed E-state index contributed by atoms with van der Waals surface area (Å²) in [5.41, 5.74) is 3.61. The Balaban J connectivity index is 1.66. The summed E-state index contributed by atoms with van der Waals surface area (Å²) >= 11 is 11.2. The molecule has 0 aliphatic carbocycles. The Hall–Kier alpha value is -2.70. The highest BCUT2D eigenvalue weighted by Gasteiger charge is 2.34. The fraction of sp³-hybridized carbons (Fsp3) is 0.227. The summed E-state index contributed by atoms with van der Waals surface area (Å²) in [5.74, 6) is -0.947. The van der Waals surface area contributed by atoms with E-state index in [4.69, 9.17) is 23.8 Å². The number of benzene rings is 2. The van der Waals surface area contributed by atoms with Crippen molar-refractivity contribution in [2.45, 2.75) is 19.8 Å². The van der Waals surface area contributed by atoms with Crippen LogP contribution in [-0.4, -0.2) is 30.0 Å².